The highest BCUT2D eigenvalue weighted by Crippen LogP contribution is 2.28. The third-order valence-corrected chi connectivity index (χ3v) is 5.95. The van der Waals surface area contributed by atoms with Crippen molar-refractivity contribution in [1.82, 2.24) is 15.6 Å². The van der Waals surface area contributed by atoms with Gasteiger partial charge in [-0.2, -0.15) is 0 Å². The Hall–Kier alpha value is -3.31. The number of hydrogen-bond acceptors (Lipinski definition) is 3. The maximum absolute atomic E-state index is 12.6. The fourth-order valence-electron chi connectivity index (χ4n) is 4.14. The van der Waals surface area contributed by atoms with E-state index < -0.39 is 0 Å². The van der Waals surface area contributed by atoms with Gasteiger partial charge in [0.25, 0.3) is 5.91 Å². The molecular formula is C25H25N3O2. The molecule has 3 N–H and O–H groups in total. The third kappa shape index (κ3) is 3.89. The van der Waals surface area contributed by atoms with E-state index in [1.54, 1.807) is 12.5 Å². The minimum atomic E-state index is -0.0317. The fourth-order valence-corrected chi connectivity index (χ4v) is 4.14. The lowest BCUT2D eigenvalue weighted by molar-refractivity contribution is 0.0940. The summed E-state index contributed by atoms with van der Waals surface area (Å²) >= 11 is 0. The number of furan rings is 1. The van der Waals surface area contributed by atoms with Gasteiger partial charge < -0.3 is 20.0 Å². The molecule has 1 aliphatic heterocycles. The van der Waals surface area contributed by atoms with E-state index >= 15 is 0 Å². The predicted octanol–water partition coefficient (Wildman–Crippen LogP) is 4.82. The second-order valence-corrected chi connectivity index (χ2v) is 7.98. The molecule has 1 aliphatic rings. The van der Waals surface area contributed by atoms with Gasteiger partial charge >= 0.3 is 0 Å². The molecule has 152 valence electrons. The molecule has 5 nitrogen and oxygen atoms in total. The SMILES string of the molecule is O=C(NCC1CCNCC1)c1cc2cc(-c3ccc(-c4ccoc4)cc3)ccc2[nH]1. The molecule has 0 saturated carbocycles. The third-order valence-electron chi connectivity index (χ3n) is 5.95. The van der Waals surface area contributed by atoms with E-state index in [1.165, 1.54) is 0 Å². The molecule has 1 amide bonds. The highest BCUT2D eigenvalue weighted by molar-refractivity contribution is 5.99. The summed E-state index contributed by atoms with van der Waals surface area (Å²) in [7, 11) is 0. The minimum Gasteiger partial charge on any atom is -0.472 e. The molecule has 2 aromatic heterocycles. The Morgan fingerprint density at radius 3 is 2.40 bits per heavy atom. The predicted molar refractivity (Wildman–Crippen MR) is 119 cm³/mol. The van der Waals surface area contributed by atoms with Gasteiger partial charge in [0.2, 0.25) is 0 Å². The Bertz CT molecular complexity index is 1140. The van der Waals surface area contributed by atoms with Crippen LogP contribution in [0.1, 0.15) is 23.3 Å². The highest BCUT2D eigenvalue weighted by atomic mass is 16.3. The van der Waals surface area contributed by atoms with Gasteiger partial charge in [-0.05, 0) is 72.8 Å². The number of H-pyrrole nitrogens is 1. The summed E-state index contributed by atoms with van der Waals surface area (Å²) in [5.74, 6) is 0.534. The quantitative estimate of drug-likeness (QED) is 0.450. The van der Waals surface area contributed by atoms with Crippen LogP contribution >= 0.6 is 0 Å². The maximum atomic E-state index is 12.6. The first-order chi connectivity index (χ1) is 14.8. The van der Waals surface area contributed by atoms with Crippen molar-refractivity contribution in [2.75, 3.05) is 19.6 Å². The molecule has 0 aliphatic carbocycles. The van der Waals surface area contributed by atoms with Gasteiger partial charge in [0, 0.05) is 23.0 Å². The van der Waals surface area contributed by atoms with Gasteiger partial charge in [-0.3, -0.25) is 4.79 Å². The molecule has 30 heavy (non-hydrogen) atoms. The topological polar surface area (TPSA) is 70.1 Å². The first-order valence-corrected chi connectivity index (χ1v) is 10.5. The summed E-state index contributed by atoms with van der Waals surface area (Å²) in [6.07, 6.45) is 5.67. The second kappa shape index (κ2) is 8.20. The van der Waals surface area contributed by atoms with Crippen LogP contribution < -0.4 is 10.6 Å². The van der Waals surface area contributed by atoms with Crippen molar-refractivity contribution in [2.24, 2.45) is 5.92 Å². The molecule has 2 aromatic carbocycles. The lowest BCUT2D eigenvalue weighted by Gasteiger charge is -2.22. The number of piperidine rings is 1. The molecule has 0 bridgehead atoms. The largest absolute Gasteiger partial charge is 0.472 e. The zero-order valence-corrected chi connectivity index (χ0v) is 16.8. The number of rotatable bonds is 5. The van der Waals surface area contributed by atoms with Gasteiger partial charge in [-0.1, -0.05) is 30.3 Å². The molecule has 0 radical (unpaired) electrons. The van der Waals surface area contributed by atoms with Crippen molar-refractivity contribution in [3.05, 3.63) is 72.8 Å². The van der Waals surface area contributed by atoms with Gasteiger partial charge in [-0.15, -0.1) is 0 Å². The number of carbonyl (C=O) groups excluding carboxylic acids is 1. The minimum absolute atomic E-state index is 0.0317. The van der Waals surface area contributed by atoms with Crippen molar-refractivity contribution in [2.45, 2.75) is 12.8 Å². The zero-order valence-electron chi connectivity index (χ0n) is 16.8. The van der Waals surface area contributed by atoms with Crippen LogP contribution in [0.15, 0.2) is 71.5 Å². The van der Waals surface area contributed by atoms with E-state index in [9.17, 15) is 4.79 Å². The van der Waals surface area contributed by atoms with Crippen molar-refractivity contribution in [3.63, 3.8) is 0 Å². The van der Waals surface area contributed by atoms with E-state index in [0.29, 0.717) is 11.6 Å². The summed E-state index contributed by atoms with van der Waals surface area (Å²) in [4.78, 5) is 15.9. The molecule has 4 aromatic rings. The van der Waals surface area contributed by atoms with Crippen molar-refractivity contribution >= 4 is 16.8 Å². The number of aromatic amines is 1. The van der Waals surface area contributed by atoms with Crippen LogP contribution in [0.3, 0.4) is 0 Å². The molecule has 5 rings (SSSR count). The van der Waals surface area contributed by atoms with Crippen LogP contribution in [-0.2, 0) is 0 Å². The van der Waals surface area contributed by atoms with Crippen LogP contribution in [0, 0.1) is 5.92 Å². The summed E-state index contributed by atoms with van der Waals surface area (Å²) in [6.45, 7) is 2.82. The second-order valence-electron chi connectivity index (χ2n) is 7.98. The Balaban J connectivity index is 1.31. The normalized spacial score (nSPS) is 14.8. The number of nitrogens with one attached hydrogen (secondary N) is 3. The zero-order chi connectivity index (χ0) is 20.3. The lowest BCUT2D eigenvalue weighted by atomic mass is 9.98. The number of carbonyl (C=O) groups is 1. The number of benzene rings is 2. The molecule has 3 heterocycles. The Labute approximate surface area is 175 Å². The Morgan fingerprint density at radius 2 is 1.67 bits per heavy atom. The molecule has 0 atom stereocenters. The number of hydrogen-bond donors (Lipinski definition) is 3. The smallest absolute Gasteiger partial charge is 0.267 e. The van der Waals surface area contributed by atoms with Crippen LogP contribution in [0.5, 0.6) is 0 Å². The summed E-state index contributed by atoms with van der Waals surface area (Å²) in [5, 5.41) is 7.49. The number of aromatic nitrogens is 1. The molecule has 1 saturated heterocycles. The lowest BCUT2D eigenvalue weighted by Crippen LogP contribution is -2.36. The fraction of sp³-hybridized carbons (Fsp3) is 0.240. The average molecular weight is 399 g/mol. The highest BCUT2D eigenvalue weighted by Gasteiger charge is 2.16. The van der Waals surface area contributed by atoms with E-state index in [0.717, 1.165) is 65.6 Å². The standard InChI is InChI=1S/C25H25N3O2/c29-25(27-15-17-7-10-26-11-8-17)24-14-22-13-20(5-6-23(22)28-24)18-1-3-19(4-2-18)21-9-12-30-16-21/h1-6,9,12-14,16-17,26,28H,7-8,10-11,15H2,(H,27,29). The summed E-state index contributed by atoms with van der Waals surface area (Å²) in [6, 6.07) is 18.6. The van der Waals surface area contributed by atoms with E-state index in [2.05, 4.69) is 52.0 Å². The summed E-state index contributed by atoms with van der Waals surface area (Å²) in [5.41, 5.74) is 6.06. The van der Waals surface area contributed by atoms with Crippen LogP contribution in [-0.4, -0.2) is 30.5 Å². The van der Waals surface area contributed by atoms with Gasteiger partial charge in [-0.25, -0.2) is 0 Å². The summed E-state index contributed by atoms with van der Waals surface area (Å²) < 4.78 is 5.17. The first kappa shape index (κ1) is 18.7. The van der Waals surface area contributed by atoms with Crippen molar-refractivity contribution < 1.29 is 9.21 Å². The molecule has 0 spiro atoms. The first-order valence-electron chi connectivity index (χ1n) is 10.5. The maximum Gasteiger partial charge on any atom is 0.267 e. The molecule has 0 unspecified atom stereocenters. The van der Waals surface area contributed by atoms with Gasteiger partial charge in [0.15, 0.2) is 0 Å². The molecular weight excluding hydrogens is 374 g/mol. The average Bonchev–Trinajstić information content (AvgIpc) is 3.48. The number of amides is 1. The Kier molecular flexibility index (Phi) is 5.11. The van der Waals surface area contributed by atoms with E-state index in [-0.39, 0.29) is 5.91 Å². The van der Waals surface area contributed by atoms with Crippen molar-refractivity contribution in [1.29, 1.82) is 0 Å². The molecule has 5 heteroatoms. The van der Waals surface area contributed by atoms with Crippen LogP contribution in [0.4, 0.5) is 0 Å². The Morgan fingerprint density at radius 1 is 0.933 bits per heavy atom. The van der Waals surface area contributed by atoms with Gasteiger partial charge in [0.1, 0.15) is 5.69 Å². The monoisotopic (exact) mass is 399 g/mol. The van der Waals surface area contributed by atoms with Crippen molar-refractivity contribution in [3.8, 4) is 22.3 Å². The van der Waals surface area contributed by atoms with E-state index in [4.69, 9.17) is 4.42 Å². The molecule has 1 fully saturated rings. The van der Waals surface area contributed by atoms with Crippen LogP contribution in [0.25, 0.3) is 33.2 Å². The van der Waals surface area contributed by atoms with E-state index in [1.807, 2.05) is 18.2 Å². The van der Waals surface area contributed by atoms with Crippen LogP contribution in [0.2, 0.25) is 0 Å². The van der Waals surface area contributed by atoms with Gasteiger partial charge in [0.05, 0.1) is 12.5 Å². The number of fused-ring (bicyclic) bond motifs is 1.